The zero-order chi connectivity index (χ0) is 10.6. The summed E-state index contributed by atoms with van der Waals surface area (Å²) in [6.07, 6.45) is 0.386. The number of aliphatic hydroxyl groups excluding tert-OH is 1. The van der Waals surface area contributed by atoms with Crippen LogP contribution in [0.2, 0.25) is 0 Å². The molecular weight excluding hydrogens is 220 g/mol. The number of halogens is 1. The van der Waals surface area contributed by atoms with Gasteiger partial charge in [-0.1, -0.05) is 6.92 Å². The number of hydrogen-bond acceptors (Lipinski definition) is 4. The quantitative estimate of drug-likeness (QED) is 0.686. The van der Waals surface area contributed by atoms with Gasteiger partial charge in [-0.25, -0.2) is 0 Å². The number of carbonyl (C=O) groups excluding carboxylic acids is 1. The zero-order valence-electron chi connectivity index (χ0n) is 8.89. The van der Waals surface area contributed by atoms with Crippen LogP contribution in [-0.4, -0.2) is 54.4 Å². The molecule has 3 N–H and O–H groups in total. The van der Waals surface area contributed by atoms with Crippen molar-refractivity contribution in [3.8, 4) is 0 Å². The number of nitrogens with zero attached hydrogens (tertiary/aromatic N) is 1. The minimum Gasteiger partial charge on any atom is -0.394 e. The molecule has 1 aliphatic rings. The summed E-state index contributed by atoms with van der Waals surface area (Å²) in [5, 5.41) is 8.89. The average molecular weight is 239 g/mol. The molecule has 15 heavy (non-hydrogen) atoms. The molecule has 0 aromatic carbocycles. The Balaban J connectivity index is 0.00000196. The van der Waals surface area contributed by atoms with Crippen LogP contribution in [0.15, 0.2) is 0 Å². The number of morpholine rings is 1. The van der Waals surface area contributed by atoms with Crippen LogP contribution in [0.1, 0.15) is 13.3 Å². The highest BCUT2D eigenvalue weighted by Crippen LogP contribution is 2.06. The van der Waals surface area contributed by atoms with Crippen LogP contribution in [0.5, 0.6) is 0 Å². The van der Waals surface area contributed by atoms with Crippen LogP contribution in [0.25, 0.3) is 0 Å². The van der Waals surface area contributed by atoms with E-state index < -0.39 is 6.04 Å². The normalized spacial score (nSPS) is 23.1. The van der Waals surface area contributed by atoms with E-state index in [4.69, 9.17) is 15.6 Å². The Kier molecular flexibility index (Phi) is 6.84. The highest BCUT2D eigenvalue weighted by molar-refractivity contribution is 5.85. The van der Waals surface area contributed by atoms with Crippen molar-refractivity contribution in [2.45, 2.75) is 25.5 Å². The van der Waals surface area contributed by atoms with E-state index in [1.807, 2.05) is 6.92 Å². The lowest BCUT2D eigenvalue weighted by atomic mass is 10.2. The first-order chi connectivity index (χ1) is 6.69. The van der Waals surface area contributed by atoms with E-state index >= 15 is 0 Å². The molecule has 0 aliphatic carbocycles. The molecule has 1 heterocycles. The van der Waals surface area contributed by atoms with Crippen molar-refractivity contribution in [3.05, 3.63) is 0 Å². The molecule has 1 amide bonds. The van der Waals surface area contributed by atoms with Gasteiger partial charge in [0.15, 0.2) is 0 Å². The number of amides is 1. The smallest absolute Gasteiger partial charge is 0.239 e. The van der Waals surface area contributed by atoms with Gasteiger partial charge in [-0.2, -0.15) is 0 Å². The first kappa shape index (κ1) is 14.6. The molecule has 1 aliphatic heterocycles. The van der Waals surface area contributed by atoms with Crippen LogP contribution >= 0.6 is 12.4 Å². The summed E-state index contributed by atoms with van der Waals surface area (Å²) in [6.45, 7) is 3.33. The Morgan fingerprint density at radius 1 is 1.73 bits per heavy atom. The molecular formula is C9H19ClN2O3. The Hall–Kier alpha value is -0.360. The second-order valence-corrected chi connectivity index (χ2v) is 3.47. The van der Waals surface area contributed by atoms with Gasteiger partial charge in [0.2, 0.25) is 5.91 Å². The molecule has 6 heteroatoms. The van der Waals surface area contributed by atoms with E-state index in [2.05, 4.69) is 0 Å². The predicted molar refractivity (Wildman–Crippen MR) is 58.9 cm³/mol. The fourth-order valence-electron chi connectivity index (χ4n) is 1.44. The summed E-state index contributed by atoms with van der Waals surface area (Å²) >= 11 is 0. The topological polar surface area (TPSA) is 75.8 Å². The lowest BCUT2D eigenvalue weighted by Gasteiger charge is -2.33. The van der Waals surface area contributed by atoms with Gasteiger partial charge in [0, 0.05) is 13.1 Å². The molecule has 1 rings (SSSR count). The number of carbonyl (C=O) groups is 1. The molecule has 0 aromatic heterocycles. The number of rotatable bonds is 3. The molecule has 1 fully saturated rings. The molecule has 1 unspecified atom stereocenters. The molecule has 5 nitrogen and oxygen atoms in total. The average Bonchev–Trinajstić information content (AvgIpc) is 2.27. The van der Waals surface area contributed by atoms with Crippen molar-refractivity contribution in [2.24, 2.45) is 5.73 Å². The van der Waals surface area contributed by atoms with Crippen LogP contribution in [0, 0.1) is 0 Å². The summed E-state index contributed by atoms with van der Waals surface area (Å²) < 4.78 is 5.24. The third-order valence-corrected chi connectivity index (χ3v) is 2.41. The second kappa shape index (κ2) is 7.00. The number of ether oxygens (including phenoxy) is 1. The molecule has 0 aromatic rings. The summed E-state index contributed by atoms with van der Waals surface area (Å²) in [4.78, 5) is 13.3. The van der Waals surface area contributed by atoms with E-state index in [1.54, 1.807) is 4.90 Å². The Bertz CT molecular complexity index is 204. The number of nitrogens with two attached hydrogens (primary N) is 1. The first-order valence-electron chi connectivity index (χ1n) is 4.95. The second-order valence-electron chi connectivity index (χ2n) is 3.47. The van der Waals surface area contributed by atoms with Gasteiger partial charge in [0.25, 0.3) is 0 Å². The van der Waals surface area contributed by atoms with Crippen molar-refractivity contribution >= 4 is 18.3 Å². The zero-order valence-corrected chi connectivity index (χ0v) is 9.70. The van der Waals surface area contributed by atoms with Crippen molar-refractivity contribution < 1.29 is 14.6 Å². The van der Waals surface area contributed by atoms with Crippen LogP contribution < -0.4 is 5.73 Å². The maximum absolute atomic E-state index is 11.7. The standard InChI is InChI=1S/C9H18N2O3.ClH/c1-2-8(10)9(13)11-3-4-14-7(5-11)6-12;/h7-8,12H,2-6,10H2,1H3;1H/t7?,8-;/m0./s1. The van der Waals surface area contributed by atoms with Gasteiger partial charge in [-0.15, -0.1) is 12.4 Å². The molecule has 0 spiro atoms. The molecule has 0 bridgehead atoms. The van der Waals surface area contributed by atoms with E-state index in [0.717, 1.165) is 0 Å². The summed E-state index contributed by atoms with van der Waals surface area (Å²) in [7, 11) is 0. The molecule has 1 saturated heterocycles. The Labute approximate surface area is 96.0 Å². The fourth-order valence-corrected chi connectivity index (χ4v) is 1.44. The SMILES string of the molecule is CC[C@H](N)C(=O)N1CCOC(CO)C1.Cl. The summed E-state index contributed by atoms with van der Waals surface area (Å²) in [6, 6.07) is -0.424. The largest absolute Gasteiger partial charge is 0.394 e. The minimum atomic E-state index is -0.424. The number of aliphatic hydroxyl groups is 1. The summed E-state index contributed by atoms with van der Waals surface area (Å²) in [5.41, 5.74) is 5.64. The highest BCUT2D eigenvalue weighted by Gasteiger charge is 2.26. The molecule has 0 radical (unpaired) electrons. The highest BCUT2D eigenvalue weighted by atomic mass is 35.5. The third kappa shape index (κ3) is 3.95. The monoisotopic (exact) mass is 238 g/mol. The minimum absolute atomic E-state index is 0. The van der Waals surface area contributed by atoms with E-state index in [0.29, 0.717) is 26.1 Å². The van der Waals surface area contributed by atoms with Crippen molar-refractivity contribution in [1.82, 2.24) is 4.90 Å². The van der Waals surface area contributed by atoms with Gasteiger partial charge in [0.1, 0.15) is 0 Å². The predicted octanol–water partition coefficient (Wildman–Crippen LogP) is -0.635. The number of hydrogen-bond donors (Lipinski definition) is 2. The first-order valence-corrected chi connectivity index (χ1v) is 4.95. The van der Waals surface area contributed by atoms with Gasteiger partial charge in [-0.05, 0) is 6.42 Å². The molecule has 2 atom stereocenters. The third-order valence-electron chi connectivity index (χ3n) is 2.41. The van der Waals surface area contributed by atoms with Crippen LogP contribution in [0.4, 0.5) is 0 Å². The lowest BCUT2D eigenvalue weighted by Crippen LogP contribution is -2.52. The van der Waals surface area contributed by atoms with Gasteiger partial charge < -0.3 is 20.5 Å². The van der Waals surface area contributed by atoms with E-state index in [1.165, 1.54) is 0 Å². The van der Waals surface area contributed by atoms with Crippen LogP contribution in [-0.2, 0) is 9.53 Å². The van der Waals surface area contributed by atoms with Gasteiger partial charge in [-0.3, -0.25) is 4.79 Å². The van der Waals surface area contributed by atoms with Gasteiger partial charge >= 0.3 is 0 Å². The van der Waals surface area contributed by atoms with Gasteiger partial charge in [0.05, 0.1) is 25.4 Å². The lowest BCUT2D eigenvalue weighted by molar-refractivity contribution is -0.141. The maximum Gasteiger partial charge on any atom is 0.239 e. The van der Waals surface area contributed by atoms with Crippen molar-refractivity contribution in [3.63, 3.8) is 0 Å². The van der Waals surface area contributed by atoms with E-state index in [9.17, 15) is 4.79 Å². The van der Waals surface area contributed by atoms with Crippen molar-refractivity contribution in [1.29, 1.82) is 0 Å². The fraction of sp³-hybridized carbons (Fsp3) is 0.889. The molecule has 0 saturated carbocycles. The van der Waals surface area contributed by atoms with Crippen LogP contribution in [0.3, 0.4) is 0 Å². The van der Waals surface area contributed by atoms with E-state index in [-0.39, 0.29) is 31.0 Å². The Morgan fingerprint density at radius 3 is 2.93 bits per heavy atom. The molecule has 90 valence electrons. The summed E-state index contributed by atoms with van der Waals surface area (Å²) in [5.74, 6) is -0.0470. The van der Waals surface area contributed by atoms with Crippen molar-refractivity contribution in [2.75, 3.05) is 26.3 Å². The maximum atomic E-state index is 11.7. The Morgan fingerprint density at radius 2 is 2.40 bits per heavy atom.